The Hall–Kier alpha value is -3.38. The molecule has 7 heteroatoms. The normalized spacial score (nSPS) is 15.6. The number of carbonyl (C=O) groups excluding carboxylic acids is 1. The van der Waals surface area contributed by atoms with Gasteiger partial charge in [-0.15, -0.1) is 0 Å². The summed E-state index contributed by atoms with van der Waals surface area (Å²) in [4.78, 5) is 18.4. The molecule has 162 valence electrons. The van der Waals surface area contributed by atoms with E-state index in [9.17, 15) is 13.6 Å². The van der Waals surface area contributed by atoms with Gasteiger partial charge in [-0.2, -0.15) is 0 Å². The van der Waals surface area contributed by atoms with Crippen LogP contribution in [0.1, 0.15) is 28.4 Å². The Morgan fingerprint density at radius 3 is 2.62 bits per heavy atom. The number of aromatic amines is 1. The van der Waals surface area contributed by atoms with Crippen molar-refractivity contribution in [3.8, 4) is 0 Å². The summed E-state index contributed by atoms with van der Waals surface area (Å²) in [6.45, 7) is 2.11. The van der Waals surface area contributed by atoms with E-state index in [0.717, 1.165) is 27.7 Å². The number of rotatable bonds is 2. The van der Waals surface area contributed by atoms with E-state index >= 15 is 0 Å². The lowest BCUT2D eigenvalue weighted by molar-refractivity contribution is 0.193. The summed E-state index contributed by atoms with van der Waals surface area (Å²) in [5.74, 6) is -0.731. The highest BCUT2D eigenvalue weighted by Crippen LogP contribution is 2.39. The Morgan fingerprint density at radius 2 is 1.88 bits per heavy atom. The number of hydrogen-bond donors (Lipinski definition) is 2. The van der Waals surface area contributed by atoms with Gasteiger partial charge in [-0.1, -0.05) is 29.8 Å². The number of urea groups is 1. The summed E-state index contributed by atoms with van der Waals surface area (Å²) < 4.78 is 27.6. The molecule has 1 aromatic heterocycles. The maximum atomic E-state index is 14.0. The molecule has 0 bridgehead atoms. The molecule has 32 heavy (non-hydrogen) atoms. The monoisotopic (exact) mass is 451 g/mol. The van der Waals surface area contributed by atoms with Crippen molar-refractivity contribution < 1.29 is 13.6 Å². The Kier molecular flexibility index (Phi) is 5.10. The molecule has 0 saturated carbocycles. The number of fused-ring (bicyclic) bond motifs is 3. The number of amides is 2. The molecule has 2 N–H and O–H groups in total. The first kappa shape index (κ1) is 20.5. The lowest BCUT2D eigenvalue weighted by Gasteiger charge is -2.36. The largest absolute Gasteiger partial charge is 0.356 e. The third kappa shape index (κ3) is 3.60. The fourth-order valence-corrected chi connectivity index (χ4v) is 4.51. The predicted molar refractivity (Wildman–Crippen MR) is 122 cm³/mol. The molecule has 0 fully saturated rings. The number of anilines is 1. The highest BCUT2D eigenvalue weighted by atomic mass is 35.5. The van der Waals surface area contributed by atoms with Crippen LogP contribution in [0.2, 0.25) is 5.02 Å². The summed E-state index contributed by atoms with van der Waals surface area (Å²) in [5, 5.41) is 4.45. The van der Waals surface area contributed by atoms with Gasteiger partial charge in [0.15, 0.2) is 0 Å². The van der Waals surface area contributed by atoms with Crippen molar-refractivity contribution in [1.29, 1.82) is 0 Å². The van der Waals surface area contributed by atoms with Gasteiger partial charge in [-0.3, -0.25) is 0 Å². The quantitative estimate of drug-likeness (QED) is 0.355. The zero-order valence-electron chi connectivity index (χ0n) is 17.3. The topological polar surface area (TPSA) is 48.1 Å². The van der Waals surface area contributed by atoms with Crippen LogP contribution in [0.5, 0.6) is 0 Å². The second-order valence-corrected chi connectivity index (χ2v) is 8.44. The van der Waals surface area contributed by atoms with E-state index in [1.54, 1.807) is 36.1 Å². The van der Waals surface area contributed by atoms with Crippen molar-refractivity contribution in [2.24, 2.45) is 0 Å². The van der Waals surface area contributed by atoms with Crippen LogP contribution >= 0.6 is 11.6 Å². The van der Waals surface area contributed by atoms with Gasteiger partial charge >= 0.3 is 6.03 Å². The molecule has 1 atom stereocenters. The Labute approximate surface area is 188 Å². The van der Waals surface area contributed by atoms with Crippen LogP contribution in [0, 0.1) is 18.6 Å². The summed E-state index contributed by atoms with van der Waals surface area (Å²) in [6.07, 6.45) is 0.628. The summed E-state index contributed by atoms with van der Waals surface area (Å²) >= 11 is 6.22. The number of benzene rings is 3. The van der Waals surface area contributed by atoms with Crippen LogP contribution in [-0.2, 0) is 6.42 Å². The number of carbonyl (C=O) groups is 1. The fourth-order valence-electron chi connectivity index (χ4n) is 4.34. The number of hydrogen-bond acceptors (Lipinski definition) is 1. The van der Waals surface area contributed by atoms with Crippen molar-refractivity contribution in [1.82, 2.24) is 9.88 Å². The van der Waals surface area contributed by atoms with Crippen molar-refractivity contribution in [2.45, 2.75) is 19.4 Å². The molecule has 0 radical (unpaired) electrons. The molecule has 1 aliphatic heterocycles. The van der Waals surface area contributed by atoms with Gasteiger partial charge in [0.1, 0.15) is 11.6 Å². The van der Waals surface area contributed by atoms with Gasteiger partial charge in [0, 0.05) is 33.9 Å². The number of nitrogens with one attached hydrogen (secondary N) is 2. The molecule has 2 heterocycles. The van der Waals surface area contributed by atoms with Crippen LogP contribution in [0.3, 0.4) is 0 Å². The van der Waals surface area contributed by atoms with Crippen molar-refractivity contribution in [3.63, 3.8) is 0 Å². The van der Waals surface area contributed by atoms with E-state index in [4.69, 9.17) is 11.6 Å². The highest BCUT2D eigenvalue weighted by Gasteiger charge is 2.34. The molecule has 4 aromatic rings. The minimum atomic E-state index is -0.458. The van der Waals surface area contributed by atoms with Crippen LogP contribution in [0.15, 0.2) is 60.7 Å². The van der Waals surface area contributed by atoms with E-state index in [-0.39, 0.29) is 17.7 Å². The second-order valence-electron chi connectivity index (χ2n) is 8.00. The minimum absolute atomic E-state index is 0.348. The molecular formula is C25H20ClF2N3O. The SMILES string of the molecule is Cc1ccc(NC(=O)N2CCc3c([nH]c4ccc(Cl)cc34)[C@H]2c2ccc(F)cc2)cc1F. The zero-order chi connectivity index (χ0) is 22.4. The molecule has 1 aliphatic rings. The molecule has 3 aromatic carbocycles. The average Bonchev–Trinajstić information content (AvgIpc) is 3.14. The molecule has 5 rings (SSSR count). The first-order chi connectivity index (χ1) is 15.4. The smallest absolute Gasteiger partial charge is 0.322 e. The van der Waals surface area contributed by atoms with Gasteiger partial charge in [0.25, 0.3) is 0 Å². The van der Waals surface area contributed by atoms with Crippen molar-refractivity contribution in [2.75, 3.05) is 11.9 Å². The van der Waals surface area contributed by atoms with E-state index in [1.807, 2.05) is 18.2 Å². The van der Waals surface area contributed by atoms with Crippen LogP contribution < -0.4 is 5.32 Å². The third-order valence-electron chi connectivity index (χ3n) is 5.96. The molecule has 0 saturated heterocycles. The van der Waals surface area contributed by atoms with Crippen molar-refractivity contribution >= 4 is 34.2 Å². The molecule has 0 aliphatic carbocycles. The third-order valence-corrected chi connectivity index (χ3v) is 6.19. The number of halogens is 3. The van der Waals surface area contributed by atoms with Crippen LogP contribution in [0.25, 0.3) is 10.9 Å². The summed E-state index contributed by atoms with van der Waals surface area (Å²) in [7, 11) is 0. The number of aromatic nitrogens is 1. The maximum absolute atomic E-state index is 14.0. The average molecular weight is 452 g/mol. The number of nitrogens with zero attached hydrogens (tertiary/aromatic N) is 1. The van der Waals surface area contributed by atoms with Gasteiger partial charge < -0.3 is 15.2 Å². The van der Waals surface area contributed by atoms with E-state index < -0.39 is 6.04 Å². The van der Waals surface area contributed by atoms with Crippen molar-refractivity contribution in [3.05, 3.63) is 99.7 Å². The molecule has 0 spiro atoms. The van der Waals surface area contributed by atoms with Gasteiger partial charge in [-0.25, -0.2) is 13.6 Å². The predicted octanol–water partition coefficient (Wildman–Crippen LogP) is 6.59. The molecular weight excluding hydrogens is 432 g/mol. The number of H-pyrrole nitrogens is 1. The Bertz CT molecular complexity index is 1330. The van der Waals surface area contributed by atoms with E-state index in [0.29, 0.717) is 29.2 Å². The van der Waals surface area contributed by atoms with E-state index in [2.05, 4.69) is 10.3 Å². The maximum Gasteiger partial charge on any atom is 0.322 e. The Balaban J connectivity index is 1.57. The lowest BCUT2D eigenvalue weighted by atomic mass is 9.92. The fraction of sp³-hybridized carbons (Fsp3) is 0.160. The highest BCUT2D eigenvalue weighted by molar-refractivity contribution is 6.31. The molecule has 2 amide bonds. The summed E-state index contributed by atoms with van der Waals surface area (Å²) in [5.41, 5.74) is 4.54. The second kappa shape index (κ2) is 7.95. The number of aryl methyl sites for hydroxylation is 1. The first-order valence-corrected chi connectivity index (χ1v) is 10.7. The molecule has 0 unspecified atom stereocenters. The minimum Gasteiger partial charge on any atom is -0.356 e. The van der Waals surface area contributed by atoms with Crippen LogP contribution in [0.4, 0.5) is 19.3 Å². The first-order valence-electron chi connectivity index (χ1n) is 10.3. The van der Waals surface area contributed by atoms with Gasteiger partial charge in [0.05, 0.1) is 6.04 Å². The van der Waals surface area contributed by atoms with Gasteiger partial charge in [0.2, 0.25) is 0 Å². The van der Waals surface area contributed by atoms with Gasteiger partial charge in [-0.05, 0) is 72.5 Å². The Morgan fingerprint density at radius 1 is 1.09 bits per heavy atom. The summed E-state index contributed by atoms with van der Waals surface area (Å²) in [6, 6.07) is 15.6. The zero-order valence-corrected chi connectivity index (χ0v) is 18.0. The molecule has 4 nitrogen and oxygen atoms in total. The van der Waals surface area contributed by atoms with Crippen LogP contribution in [-0.4, -0.2) is 22.5 Å². The lowest BCUT2D eigenvalue weighted by Crippen LogP contribution is -2.43. The standard InChI is InChI=1S/C25H20ClF2N3O/c1-14-2-8-18(13-21(14)28)29-25(32)31-11-10-19-20-12-16(26)5-9-22(20)30-23(19)24(31)15-3-6-17(27)7-4-15/h2-9,12-13,24,30H,10-11H2,1H3,(H,29,32)/t24-/m1/s1. The van der Waals surface area contributed by atoms with E-state index in [1.165, 1.54) is 18.2 Å².